The highest BCUT2D eigenvalue weighted by Crippen LogP contribution is 2.28. The van der Waals surface area contributed by atoms with Gasteiger partial charge in [-0.3, -0.25) is 0 Å². The van der Waals surface area contributed by atoms with Gasteiger partial charge in [0.05, 0.1) is 7.11 Å². The molecule has 0 heterocycles. The van der Waals surface area contributed by atoms with Crippen LogP contribution in [0.5, 0.6) is 5.75 Å². The number of methoxy groups -OCH3 is 1. The van der Waals surface area contributed by atoms with Crippen LogP contribution in [-0.2, 0) is 0 Å². The summed E-state index contributed by atoms with van der Waals surface area (Å²) in [6.45, 7) is 5.36. The zero-order valence-electron chi connectivity index (χ0n) is 11.4. The third kappa shape index (κ3) is 3.22. The van der Waals surface area contributed by atoms with Gasteiger partial charge in [0, 0.05) is 6.04 Å². The summed E-state index contributed by atoms with van der Waals surface area (Å²) in [6, 6.07) is 5.99. The smallest absolute Gasteiger partial charge is 0.165 e. The second-order valence-electron chi connectivity index (χ2n) is 5.34. The molecule has 1 saturated carbocycles. The number of benzene rings is 1. The van der Waals surface area contributed by atoms with E-state index in [0.29, 0.717) is 17.6 Å². The van der Waals surface area contributed by atoms with E-state index in [1.54, 1.807) is 12.1 Å². The van der Waals surface area contributed by atoms with E-state index in [9.17, 15) is 4.39 Å². The maximum absolute atomic E-state index is 13.7. The summed E-state index contributed by atoms with van der Waals surface area (Å²) >= 11 is 0. The van der Waals surface area contributed by atoms with Crippen LogP contribution in [-0.4, -0.2) is 19.7 Å². The molecule has 1 aromatic rings. The Balaban J connectivity index is 1.97. The number of hydrogen-bond acceptors (Lipinski definition) is 2. The molecule has 1 aromatic carbocycles. The van der Waals surface area contributed by atoms with Crippen molar-refractivity contribution in [3.05, 3.63) is 29.6 Å². The molecule has 0 amide bonds. The SMILES string of the molecule is COc1ccc(C(C)C(C)CNC2CC2)cc1F. The molecule has 0 bridgehead atoms. The minimum absolute atomic E-state index is 0.274. The van der Waals surface area contributed by atoms with Crippen molar-refractivity contribution in [1.29, 1.82) is 0 Å². The van der Waals surface area contributed by atoms with Gasteiger partial charge in [0.1, 0.15) is 0 Å². The van der Waals surface area contributed by atoms with Crippen molar-refractivity contribution in [2.45, 2.75) is 38.6 Å². The average Bonchev–Trinajstić information content (AvgIpc) is 3.19. The Labute approximate surface area is 109 Å². The predicted molar refractivity (Wildman–Crippen MR) is 71.6 cm³/mol. The minimum atomic E-state index is -0.274. The Hall–Kier alpha value is -1.09. The molecule has 0 aliphatic heterocycles. The van der Waals surface area contributed by atoms with Crippen LogP contribution in [0.4, 0.5) is 4.39 Å². The lowest BCUT2D eigenvalue weighted by atomic mass is 9.88. The summed E-state index contributed by atoms with van der Waals surface area (Å²) in [7, 11) is 1.49. The third-order valence-corrected chi connectivity index (χ3v) is 3.86. The summed E-state index contributed by atoms with van der Waals surface area (Å²) in [5, 5.41) is 3.53. The molecule has 0 saturated heterocycles. The number of ether oxygens (including phenoxy) is 1. The fourth-order valence-corrected chi connectivity index (χ4v) is 2.11. The maximum Gasteiger partial charge on any atom is 0.165 e. The lowest BCUT2D eigenvalue weighted by Gasteiger charge is -2.21. The Bertz CT molecular complexity index is 403. The van der Waals surface area contributed by atoms with Crippen LogP contribution in [0, 0.1) is 11.7 Å². The number of halogens is 1. The summed E-state index contributed by atoms with van der Waals surface area (Å²) in [5.74, 6) is 0.883. The monoisotopic (exact) mass is 251 g/mol. The molecule has 0 radical (unpaired) electrons. The number of nitrogens with one attached hydrogen (secondary N) is 1. The number of rotatable bonds is 6. The lowest BCUT2D eigenvalue weighted by Crippen LogP contribution is -2.26. The summed E-state index contributed by atoms with van der Waals surface area (Å²) in [5.41, 5.74) is 1.04. The van der Waals surface area contributed by atoms with Gasteiger partial charge in [-0.2, -0.15) is 0 Å². The molecular formula is C15H22FNO. The molecule has 1 fully saturated rings. The largest absolute Gasteiger partial charge is 0.494 e. The first-order chi connectivity index (χ1) is 8.61. The van der Waals surface area contributed by atoms with Crippen LogP contribution in [0.2, 0.25) is 0 Å². The van der Waals surface area contributed by atoms with Gasteiger partial charge in [0.25, 0.3) is 0 Å². The van der Waals surface area contributed by atoms with Crippen LogP contribution >= 0.6 is 0 Å². The van der Waals surface area contributed by atoms with Crippen LogP contribution < -0.4 is 10.1 Å². The van der Waals surface area contributed by atoms with E-state index in [1.807, 2.05) is 6.07 Å². The normalized spacial score (nSPS) is 18.4. The summed E-state index contributed by atoms with van der Waals surface area (Å²) < 4.78 is 18.6. The quantitative estimate of drug-likeness (QED) is 0.837. The molecule has 18 heavy (non-hydrogen) atoms. The van der Waals surface area contributed by atoms with Crippen molar-refractivity contribution in [2.24, 2.45) is 5.92 Å². The molecule has 1 N–H and O–H groups in total. The highest BCUT2D eigenvalue weighted by atomic mass is 19.1. The second-order valence-corrected chi connectivity index (χ2v) is 5.34. The van der Waals surface area contributed by atoms with E-state index in [0.717, 1.165) is 18.2 Å². The van der Waals surface area contributed by atoms with Crippen molar-refractivity contribution in [2.75, 3.05) is 13.7 Å². The van der Waals surface area contributed by atoms with E-state index in [4.69, 9.17) is 4.74 Å². The van der Waals surface area contributed by atoms with Crippen molar-refractivity contribution < 1.29 is 9.13 Å². The molecule has 0 spiro atoms. The van der Waals surface area contributed by atoms with Crippen LogP contribution in [0.3, 0.4) is 0 Å². The Morgan fingerprint density at radius 1 is 1.39 bits per heavy atom. The zero-order valence-corrected chi connectivity index (χ0v) is 11.4. The van der Waals surface area contributed by atoms with Crippen LogP contribution in [0.25, 0.3) is 0 Å². The fraction of sp³-hybridized carbons (Fsp3) is 0.600. The van der Waals surface area contributed by atoms with Gasteiger partial charge in [0.2, 0.25) is 0 Å². The second kappa shape index (κ2) is 5.70. The summed E-state index contributed by atoms with van der Waals surface area (Å²) in [4.78, 5) is 0. The Morgan fingerprint density at radius 3 is 2.67 bits per heavy atom. The molecule has 2 unspecified atom stereocenters. The first kappa shape index (κ1) is 13.3. The van der Waals surface area contributed by atoms with E-state index in [-0.39, 0.29) is 5.82 Å². The maximum atomic E-state index is 13.7. The highest BCUT2D eigenvalue weighted by Gasteiger charge is 2.23. The van der Waals surface area contributed by atoms with Gasteiger partial charge in [-0.1, -0.05) is 19.9 Å². The van der Waals surface area contributed by atoms with Crippen molar-refractivity contribution >= 4 is 0 Å². The van der Waals surface area contributed by atoms with Crippen molar-refractivity contribution in [3.63, 3.8) is 0 Å². The molecule has 1 aliphatic rings. The van der Waals surface area contributed by atoms with Gasteiger partial charge < -0.3 is 10.1 Å². The standard InChI is InChI=1S/C15H22FNO/c1-10(9-17-13-5-6-13)11(2)12-4-7-15(18-3)14(16)8-12/h4,7-8,10-11,13,17H,5-6,9H2,1-3H3. The van der Waals surface area contributed by atoms with E-state index < -0.39 is 0 Å². The molecule has 3 heteroatoms. The minimum Gasteiger partial charge on any atom is -0.494 e. The van der Waals surface area contributed by atoms with Gasteiger partial charge in [-0.05, 0) is 48.9 Å². The molecular weight excluding hydrogens is 229 g/mol. The molecule has 100 valence electrons. The zero-order chi connectivity index (χ0) is 13.1. The third-order valence-electron chi connectivity index (χ3n) is 3.86. The van der Waals surface area contributed by atoms with E-state index in [1.165, 1.54) is 20.0 Å². The fourth-order valence-electron chi connectivity index (χ4n) is 2.11. The lowest BCUT2D eigenvalue weighted by molar-refractivity contribution is 0.384. The molecule has 1 aliphatic carbocycles. The first-order valence-electron chi connectivity index (χ1n) is 6.68. The Kier molecular flexibility index (Phi) is 4.23. The highest BCUT2D eigenvalue weighted by molar-refractivity contribution is 5.31. The van der Waals surface area contributed by atoms with Crippen molar-refractivity contribution in [3.8, 4) is 5.75 Å². The molecule has 0 aromatic heterocycles. The number of hydrogen-bond donors (Lipinski definition) is 1. The van der Waals surface area contributed by atoms with Gasteiger partial charge >= 0.3 is 0 Å². The Morgan fingerprint density at radius 2 is 2.11 bits per heavy atom. The summed E-state index contributed by atoms with van der Waals surface area (Å²) in [6.07, 6.45) is 2.61. The van der Waals surface area contributed by atoms with Crippen LogP contribution in [0.1, 0.15) is 38.2 Å². The van der Waals surface area contributed by atoms with Gasteiger partial charge in [-0.25, -0.2) is 4.39 Å². The van der Waals surface area contributed by atoms with Crippen LogP contribution in [0.15, 0.2) is 18.2 Å². The molecule has 2 rings (SSSR count). The van der Waals surface area contributed by atoms with E-state index >= 15 is 0 Å². The topological polar surface area (TPSA) is 21.3 Å². The van der Waals surface area contributed by atoms with Crippen molar-refractivity contribution in [1.82, 2.24) is 5.32 Å². The van der Waals surface area contributed by atoms with Gasteiger partial charge in [-0.15, -0.1) is 0 Å². The predicted octanol–water partition coefficient (Wildman–Crippen LogP) is 3.33. The average molecular weight is 251 g/mol. The molecule has 2 nitrogen and oxygen atoms in total. The van der Waals surface area contributed by atoms with E-state index in [2.05, 4.69) is 19.2 Å². The molecule has 2 atom stereocenters. The first-order valence-corrected chi connectivity index (χ1v) is 6.68. The van der Waals surface area contributed by atoms with Gasteiger partial charge in [0.15, 0.2) is 11.6 Å².